The third kappa shape index (κ3) is 3.55. The summed E-state index contributed by atoms with van der Waals surface area (Å²) in [5.41, 5.74) is 1.36. The molecular formula is C15H24N2O. The number of nitrogens with one attached hydrogen (secondary N) is 1. The number of hydrogen-bond acceptors (Lipinski definition) is 3. The minimum atomic E-state index is 0.281. The Hall–Kier alpha value is -0.900. The molecule has 0 amide bonds. The summed E-state index contributed by atoms with van der Waals surface area (Å²) in [6.45, 7) is 6.50. The van der Waals surface area contributed by atoms with Crippen molar-refractivity contribution in [2.24, 2.45) is 5.92 Å². The normalized spacial score (nSPS) is 25.2. The molecule has 3 nitrogen and oxygen atoms in total. The van der Waals surface area contributed by atoms with E-state index in [0.29, 0.717) is 12.0 Å². The van der Waals surface area contributed by atoms with Gasteiger partial charge in [-0.3, -0.25) is 4.90 Å². The molecule has 0 spiro atoms. The van der Waals surface area contributed by atoms with Crippen molar-refractivity contribution in [1.29, 1.82) is 0 Å². The largest absolute Gasteiger partial charge is 0.396 e. The zero-order valence-corrected chi connectivity index (χ0v) is 11.2. The van der Waals surface area contributed by atoms with E-state index in [0.717, 1.165) is 32.6 Å². The number of likely N-dealkylation sites (tertiary alicyclic amines) is 1. The van der Waals surface area contributed by atoms with Crippen LogP contribution in [-0.4, -0.2) is 42.3 Å². The van der Waals surface area contributed by atoms with E-state index >= 15 is 0 Å². The Bertz CT molecular complexity index is 342. The summed E-state index contributed by atoms with van der Waals surface area (Å²) in [6, 6.07) is 11.0. The summed E-state index contributed by atoms with van der Waals surface area (Å²) in [7, 11) is 0. The zero-order chi connectivity index (χ0) is 12.8. The first-order valence-corrected chi connectivity index (χ1v) is 6.94. The molecule has 2 rings (SSSR count). The lowest BCUT2D eigenvalue weighted by Crippen LogP contribution is -2.50. The molecule has 1 aliphatic rings. The molecule has 100 valence electrons. The van der Waals surface area contributed by atoms with Gasteiger partial charge in [-0.2, -0.15) is 0 Å². The van der Waals surface area contributed by atoms with Gasteiger partial charge in [0.2, 0.25) is 0 Å². The van der Waals surface area contributed by atoms with Crippen molar-refractivity contribution >= 4 is 0 Å². The molecular weight excluding hydrogens is 224 g/mol. The highest BCUT2D eigenvalue weighted by Crippen LogP contribution is 2.18. The Morgan fingerprint density at radius 1 is 1.33 bits per heavy atom. The molecule has 1 fully saturated rings. The third-order valence-corrected chi connectivity index (χ3v) is 3.77. The predicted octanol–water partition coefficient (Wildman–Crippen LogP) is 1.48. The Labute approximate surface area is 110 Å². The molecule has 1 saturated heterocycles. The fourth-order valence-electron chi connectivity index (χ4n) is 2.81. The standard InChI is InChI=1S/C15H24N2O/c1-2-16-15-8-9-17(11-14(15)12-18)10-13-6-4-3-5-7-13/h3-7,14-16,18H,2,8-12H2,1H3/t14-,15-/m1/s1. The van der Waals surface area contributed by atoms with E-state index in [1.54, 1.807) is 0 Å². The van der Waals surface area contributed by atoms with E-state index in [1.165, 1.54) is 5.56 Å². The lowest BCUT2D eigenvalue weighted by Gasteiger charge is -2.38. The molecule has 0 radical (unpaired) electrons. The molecule has 1 aliphatic heterocycles. The number of piperidine rings is 1. The van der Waals surface area contributed by atoms with E-state index < -0.39 is 0 Å². The van der Waals surface area contributed by atoms with E-state index in [1.807, 2.05) is 0 Å². The van der Waals surface area contributed by atoms with Gasteiger partial charge in [0, 0.05) is 31.7 Å². The van der Waals surface area contributed by atoms with Gasteiger partial charge in [-0.1, -0.05) is 37.3 Å². The lowest BCUT2D eigenvalue weighted by atomic mass is 9.92. The number of aliphatic hydroxyl groups is 1. The van der Waals surface area contributed by atoms with Gasteiger partial charge in [0.25, 0.3) is 0 Å². The smallest absolute Gasteiger partial charge is 0.0486 e. The van der Waals surface area contributed by atoms with E-state index in [-0.39, 0.29) is 6.61 Å². The quantitative estimate of drug-likeness (QED) is 0.828. The highest BCUT2D eigenvalue weighted by atomic mass is 16.3. The number of hydrogen-bond donors (Lipinski definition) is 2. The first-order valence-electron chi connectivity index (χ1n) is 6.94. The summed E-state index contributed by atoms with van der Waals surface area (Å²) in [6.07, 6.45) is 1.13. The van der Waals surface area contributed by atoms with Crippen LogP contribution in [0.5, 0.6) is 0 Å². The molecule has 1 aromatic rings. The summed E-state index contributed by atoms with van der Waals surface area (Å²) in [4.78, 5) is 2.45. The van der Waals surface area contributed by atoms with Crippen molar-refractivity contribution in [2.75, 3.05) is 26.2 Å². The van der Waals surface area contributed by atoms with E-state index in [2.05, 4.69) is 47.5 Å². The van der Waals surface area contributed by atoms with Crippen LogP contribution in [-0.2, 0) is 6.54 Å². The molecule has 0 aromatic heterocycles. The Morgan fingerprint density at radius 2 is 2.11 bits per heavy atom. The van der Waals surface area contributed by atoms with Gasteiger partial charge in [-0.15, -0.1) is 0 Å². The molecule has 0 saturated carbocycles. The van der Waals surface area contributed by atoms with Gasteiger partial charge in [0.1, 0.15) is 0 Å². The average molecular weight is 248 g/mol. The number of nitrogens with zero attached hydrogens (tertiary/aromatic N) is 1. The fourth-order valence-corrected chi connectivity index (χ4v) is 2.81. The first kappa shape index (κ1) is 13.5. The van der Waals surface area contributed by atoms with Crippen LogP contribution in [0.1, 0.15) is 18.9 Å². The second kappa shape index (κ2) is 6.88. The van der Waals surface area contributed by atoms with Gasteiger partial charge in [-0.05, 0) is 25.1 Å². The van der Waals surface area contributed by atoms with Gasteiger partial charge in [-0.25, -0.2) is 0 Å². The molecule has 0 unspecified atom stereocenters. The first-order chi connectivity index (χ1) is 8.83. The van der Waals surface area contributed by atoms with Crippen LogP contribution in [0.3, 0.4) is 0 Å². The molecule has 2 atom stereocenters. The minimum Gasteiger partial charge on any atom is -0.396 e. The van der Waals surface area contributed by atoms with Crippen LogP contribution in [0.25, 0.3) is 0 Å². The highest BCUT2D eigenvalue weighted by Gasteiger charge is 2.27. The van der Waals surface area contributed by atoms with Gasteiger partial charge in [0.15, 0.2) is 0 Å². The van der Waals surface area contributed by atoms with Crippen molar-refractivity contribution in [1.82, 2.24) is 10.2 Å². The van der Waals surface area contributed by atoms with Crippen molar-refractivity contribution in [3.05, 3.63) is 35.9 Å². The van der Waals surface area contributed by atoms with E-state index in [9.17, 15) is 5.11 Å². The second-order valence-electron chi connectivity index (χ2n) is 5.12. The second-order valence-corrected chi connectivity index (χ2v) is 5.12. The van der Waals surface area contributed by atoms with Crippen LogP contribution >= 0.6 is 0 Å². The molecule has 18 heavy (non-hydrogen) atoms. The molecule has 1 heterocycles. The monoisotopic (exact) mass is 248 g/mol. The summed E-state index contributed by atoms with van der Waals surface area (Å²) in [5, 5.41) is 13.0. The van der Waals surface area contributed by atoms with Gasteiger partial charge < -0.3 is 10.4 Å². The SMILES string of the molecule is CCN[C@@H]1CCN(Cc2ccccc2)C[C@@H]1CO. The van der Waals surface area contributed by atoms with Crippen LogP contribution in [0.2, 0.25) is 0 Å². The van der Waals surface area contributed by atoms with Crippen molar-refractivity contribution in [3.8, 4) is 0 Å². The number of rotatable bonds is 5. The molecule has 2 N–H and O–H groups in total. The van der Waals surface area contributed by atoms with Gasteiger partial charge in [0.05, 0.1) is 0 Å². The summed E-state index contributed by atoms with van der Waals surface area (Å²) < 4.78 is 0. The number of aliphatic hydroxyl groups excluding tert-OH is 1. The maximum absolute atomic E-state index is 9.51. The molecule has 0 bridgehead atoms. The van der Waals surface area contributed by atoms with Crippen molar-refractivity contribution < 1.29 is 5.11 Å². The highest BCUT2D eigenvalue weighted by molar-refractivity contribution is 5.14. The Kier molecular flexibility index (Phi) is 5.17. The predicted molar refractivity (Wildman–Crippen MR) is 74.4 cm³/mol. The molecule has 0 aliphatic carbocycles. The zero-order valence-electron chi connectivity index (χ0n) is 11.2. The van der Waals surface area contributed by atoms with Crippen molar-refractivity contribution in [3.63, 3.8) is 0 Å². The summed E-state index contributed by atoms with van der Waals surface area (Å²) >= 11 is 0. The van der Waals surface area contributed by atoms with E-state index in [4.69, 9.17) is 0 Å². The Balaban J connectivity index is 1.89. The maximum Gasteiger partial charge on any atom is 0.0486 e. The third-order valence-electron chi connectivity index (χ3n) is 3.77. The molecule has 3 heteroatoms. The number of benzene rings is 1. The van der Waals surface area contributed by atoms with Crippen LogP contribution in [0.15, 0.2) is 30.3 Å². The fraction of sp³-hybridized carbons (Fsp3) is 0.600. The Morgan fingerprint density at radius 3 is 2.78 bits per heavy atom. The van der Waals surface area contributed by atoms with Gasteiger partial charge >= 0.3 is 0 Å². The van der Waals surface area contributed by atoms with Crippen LogP contribution in [0, 0.1) is 5.92 Å². The topological polar surface area (TPSA) is 35.5 Å². The van der Waals surface area contributed by atoms with Crippen LogP contribution < -0.4 is 5.32 Å². The van der Waals surface area contributed by atoms with Crippen LogP contribution in [0.4, 0.5) is 0 Å². The van der Waals surface area contributed by atoms with Crippen molar-refractivity contribution in [2.45, 2.75) is 25.9 Å². The molecule has 1 aromatic carbocycles. The average Bonchev–Trinajstić information content (AvgIpc) is 2.42. The summed E-state index contributed by atoms with van der Waals surface area (Å²) in [5.74, 6) is 0.363. The minimum absolute atomic E-state index is 0.281. The maximum atomic E-state index is 9.51. The lowest BCUT2D eigenvalue weighted by molar-refractivity contribution is 0.0863.